The minimum absolute atomic E-state index is 0.0332. The van der Waals surface area contributed by atoms with Crippen molar-refractivity contribution in [3.8, 4) is 0 Å². The first kappa shape index (κ1) is 11.5. The Morgan fingerprint density at radius 3 is 2.36 bits per heavy atom. The van der Waals surface area contributed by atoms with E-state index in [1.54, 1.807) is 0 Å². The van der Waals surface area contributed by atoms with E-state index < -0.39 is 0 Å². The normalized spacial score (nSPS) is 19.4. The van der Waals surface area contributed by atoms with E-state index >= 15 is 0 Å². The van der Waals surface area contributed by atoms with Crippen LogP contribution in [0.1, 0.15) is 59.3 Å². The van der Waals surface area contributed by atoms with E-state index in [-0.39, 0.29) is 17.4 Å². The molecule has 1 aliphatic carbocycles. The van der Waals surface area contributed by atoms with Crippen molar-refractivity contribution in [3.05, 3.63) is 0 Å². The maximum Gasteiger partial charge on any atom is 0.223 e. The summed E-state index contributed by atoms with van der Waals surface area (Å²) in [6.07, 6.45) is 6.93. The summed E-state index contributed by atoms with van der Waals surface area (Å²) >= 11 is 0. The van der Waals surface area contributed by atoms with Gasteiger partial charge >= 0.3 is 0 Å². The highest BCUT2D eigenvalue weighted by atomic mass is 16.2. The molecule has 1 rings (SSSR count). The molecular weight excluding hydrogens is 174 g/mol. The molecular formula is C12H23NO. The lowest BCUT2D eigenvalue weighted by molar-refractivity contribution is -0.127. The van der Waals surface area contributed by atoms with Crippen LogP contribution >= 0.6 is 0 Å². The van der Waals surface area contributed by atoms with Crippen LogP contribution in [0.3, 0.4) is 0 Å². The van der Waals surface area contributed by atoms with E-state index in [4.69, 9.17) is 0 Å². The highest BCUT2D eigenvalue weighted by molar-refractivity contribution is 5.79. The van der Waals surface area contributed by atoms with E-state index in [0.29, 0.717) is 0 Å². The third-order valence-electron chi connectivity index (χ3n) is 3.32. The highest BCUT2D eigenvalue weighted by Crippen LogP contribution is 2.24. The first-order chi connectivity index (χ1) is 6.55. The third-order valence-corrected chi connectivity index (χ3v) is 3.32. The number of amides is 1. The Morgan fingerprint density at radius 1 is 1.29 bits per heavy atom. The third kappa shape index (κ3) is 3.32. The average Bonchev–Trinajstić information content (AvgIpc) is 2.19. The Hall–Kier alpha value is -0.530. The summed E-state index contributed by atoms with van der Waals surface area (Å²) in [6, 6.07) is 0. The van der Waals surface area contributed by atoms with E-state index in [9.17, 15) is 4.79 Å². The molecule has 0 bridgehead atoms. The van der Waals surface area contributed by atoms with E-state index in [1.165, 1.54) is 19.3 Å². The summed E-state index contributed by atoms with van der Waals surface area (Å²) in [5.74, 6) is 0.561. The van der Waals surface area contributed by atoms with Crippen molar-refractivity contribution < 1.29 is 4.79 Å². The van der Waals surface area contributed by atoms with Gasteiger partial charge in [0.15, 0.2) is 0 Å². The SMILES string of the molecule is CCC(C)(C)NC(=O)C1CCCCC1. The van der Waals surface area contributed by atoms with Crippen molar-refractivity contribution in [2.45, 2.75) is 64.8 Å². The van der Waals surface area contributed by atoms with Crippen molar-refractivity contribution in [1.82, 2.24) is 5.32 Å². The van der Waals surface area contributed by atoms with Crippen LogP contribution in [-0.4, -0.2) is 11.4 Å². The van der Waals surface area contributed by atoms with Gasteiger partial charge in [-0.1, -0.05) is 26.2 Å². The molecule has 14 heavy (non-hydrogen) atoms. The quantitative estimate of drug-likeness (QED) is 0.740. The Bertz CT molecular complexity index is 192. The zero-order valence-corrected chi connectivity index (χ0v) is 9.73. The molecule has 0 unspecified atom stereocenters. The van der Waals surface area contributed by atoms with Gasteiger partial charge in [0.2, 0.25) is 5.91 Å². The Labute approximate surface area is 87.5 Å². The van der Waals surface area contributed by atoms with Gasteiger partial charge in [0.25, 0.3) is 0 Å². The summed E-state index contributed by atoms with van der Waals surface area (Å²) in [4.78, 5) is 11.9. The lowest BCUT2D eigenvalue weighted by Gasteiger charge is -2.29. The highest BCUT2D eigenvalue weighted by Gasteiger charge is 2.25. The summed E-state index contributed by atoms with van der Waals surface area (Å²) in [5, 5.41) is 3.14. The van der Waals surface area contributed by atoms with Gasteiger partial charge in [-0.2, -0.15) is 0 Å². The second-order valence-corrected chi connectivity index (χ2v) is 5.06. The maximum absolute atomic E-state index is 11.9. The van der Waals surface area contributed by atoms with E-state index in [1.807, 2.05) is 0 Å². The molecule has 0 aliphatic heterocycles. The molecule has 1 fully saturated rings. The zero-order valence-electron chi connectivity index (χ0n) is 9.73. The maximum atomic E-state index is 11.9. The van der Waals surface area contributed by atoms with E-state index in [2.05, 4.69) is 26.1 Å². The fraction of sp³-hybridized carbons (Fsp3) is 0.917. The van der Waals surface area contributed by atoms with Gasteiger partial charge in [-0.15, -0.1) is 0 Å². The molecule has 2 nitrogen and oxygen atoms in total. The Balaban J connectivity index is 2.40. The first-order valence-electron chi connectivity index (χ1n) is 5.87. The van der Waals surface area contributed by atoms with E-state index in [0.717, 1.165) is 19.3 Å². The standard InChI is InChI=1S/C12H23NO/c1-4-12(2,3)13-11(14)10-8-6-5-7-9-10/h10H,4-9H2,1-3H3,(H,13,14). The summed E-state index contributed by atoms with van der Waals surface area (Å²) in [7, 11) is 0. The predicted molar refractivity (Wildman–Crippen MR) is 59.1 cm³/mol. The van der Waals surface area contributed by atoms with Crippen LogP contribution in [0.15, 0.2) is 0 Å². The minimum Gasteiger partial charge on any atom is -0.351 e. The topological polar surface area (TPSA) is 29.1 Å². The molecule has 1 N–H and O–H groups in total. The summed E-state index contributed by atoms with van der Waals surface area (Å²) in [6.45, 7) is 6.29. The minimum atomic E-state index is -0.0332. The molecule has 0 atom stereocenters. The average molecular weight is 197 g/mol. The second-order valence-electron chi connectivity index (χ2n) is 5.06. The van der Waals surface area contributed by atoms with Gasteiger partial charge in [0, 0.05) is 11.5 Å². The fourth-order valence-corrected chi connectivity index (χ4v) is 1.89. The van der Waals surface area contributed by atoms with Crippen LogP contribution in [0.2, 0.25) is 0 Å². The smallest absolute Gasteiger partial charge is 0.223 e. The number of carbonyl (C=O) groups excluding carboxylic acids is 1. The molecule has 0 heterocycles. The number of hydrogen-bond acceptors (Lipinski definition) is 1. The van der Waals surface area contributed by atoms with Gasteiger partial charge in [0.1, 0.15) is 0 Å². The summed E-state index contributed by atoms with van der Waals surface area (Å²) < 4.78 is 0. The lowest BCUT2D eigenvalue weighted by atomic mass is 9.87. The molecule has 2 heteroatoms. The second kappa shape index (κ2) is 4.81. The molecule has 82 valence electrons. The van der Waals surface area contributed by atoms with Crippen molar-refractivity contribution in [2.75, 3.05) is 0 Å². The molecule has 1 saturated carbocycles. The lowest BCUT2D eigenvalue weighted by Crippen LogP contribution is -2.46. The van der Waals surface area contributed by atoms with Crippen molar-refractivity contribution in [1.29, 1.82) is 0 Å². The molecule has 1 aliphatic rings. The van der Waals surface area contributed by atoms with Crippen LogP contribution in [-0.2, 0) is 4.79 Å². The Kier molecular flexibility index (Phi) is 3.97. The monoisotopic (exact) mass is 197 g/mol. The largest absolute Gasteiger partial charge is 0.351 e. The number of carbonyl (C=O) groups is 1. The predicted octanol–water partition coefficient (Wildman–Crippen LogP) is 2.87. The molecule has 0 spiro atoms. The van der Waals surface area contributed by atoms with Crippen LogP contribution in [0, 0.1) is 5.92 Å². The van der Waals surface area contributed by atoms with Gasteiger partial charge in [-0.3, -0.25) is 4.79 Å². The van der Waals surface area contributed by atoms with Crippen molar-refractivity contribution in [2.24, 2.45) is 5.92 Å². The van der Waals surface area contributed by atoms with Crippen LogP contribution in [0.5, 0.6) is 0 Å². The number of rotatable bonds is 3. The van der Waals surface area contributed by atoms with Crippen LogP contribution < -0.4 is 5.32 Å². The molecule has 0 aromatic rings. The van der Waals surface area contributed by atoms with Gasteiger partial charge < -0.3 is 5.32 Å². The zero-order chi connectivity index (χ0) is 10.6. The van der Waals surface area contributed by atoms with Gasteiger partial charge in [-0.05, 0) is 33.1 Å². The Morgan fingerprint density at radius 2 is 1.86 bits per heavy atom. The van der Waals surface area contributed by atoms with Gasteiger partial charge in [0.05, 0.1) is 0 Å². The van der Waals surface area contributed by atoms with Gasteiger partial charge in [-0.25, -0.2) is 0 Å². The molecule has 0 aromatic carbocycles. The molecule has 0 saturated heterocycles. The fourth-order valence-electron chi connectivity index (χ4n) is 1.89. The number of nitrogens with one attached hydrogen (secondary N) is 1. The molecule has 1 amide bonds. The van der Waals surface area contributed by atoms with Crippen molar-refractivity contribution >= 4 is 5.91 Å². The van der Waals surface area contributed by atoms with Crippen LogP contribution in [0.25, 0.3) is 0 Å². The molecule has 0 radical (unpaired) electrons. The number of hydrogen-bond donors (Lipinski definition) is 1. The van der Waals surface area contributed by atoms with Crippen molar-refractivity contribution in [3.63, 3.8) is 0 Å². The van der Waals surface area contributed by atoms with Crippen LogP contribution in [0.4, 0.5) is 0 Å². The molecule has 0 aromatic heterocycles. The first-order valence-corrected chi connectivity index (χ1v) is 5.87. The summed E-state index contributed by atoms with van der Waals surface area (Å²) in [5.41, 5.74) is -0.0332.